The summed E-state index contributed by atoms with van der Waals surface area (Å²) in [5.41, 5.74) is 0.803. The summed E-state index contributed by atoms with van der Waals surface area (Å²) in [4.78, 5) is 11.5. The Kier molecular flexibility index (Phi) is 4.95. The topological polar surface area (TPSA) is 72.2 Å². The van der Waals surface area contributed by atoms with Crippen LogP contribution in [0.3, 0.4) is 0 Å². The minimum atomic E-state index is -1.22. The fourth-order valence-electron chi connectivity index (χ4n) is 1.78. The smallest absolute Gasteiger partial charge is 0.258 e. The Morgan fingerprint density at radius 2 is 2.30 bits per heavy atom. The molecule has 1 aliphatic carbocycles. The SMILES string of the molecule is C=CC(NS(C)=O)c1cc([N+](=O)[O-])ccc1SC1CC1. The molecule has 0 amide bonds. The zero-order valence-corrected chi connectivity index (χ0v) is 12.7. The van der Waals surface area contributed by atoms with E-state index in [2.05, 4.69) is 11.3 Å². The molecule has 1 N–H and O–H groups in total. The number of thioether (sulfide) groups is 1. The molecule has 0 saturated heterocycles. The van der Waals surface area contributed by atoms with Gasteiger partial charge in [0, 0.05) is 28.5 Å². The van der Waals surface area contributed by atoms with Gasteiger partial charge in [-0.3, -0.25) is 10.1 Å². The molecule has 0 aromatic heterocycles. The fourth-order valence-corrected chi connectivity index (χ4v) is 3.56. The van der Waals surface area contributed by atoms with Gasteiger partial charge in [0.25, 0.3) is 5.69 Å². The molecule has 1 aromatic carbocycles. The van der Waals surface area contributed by atoms with E-state index >= 15 is 0 Å². The number of benzene rings is 1. The van der Waals surface area contributed by atoms with Gasteiger partial charge in [-0.05, 0) is 24.5 Å². The zero-order valence-electron chi connectivity index (χ0n) is 11.1. The Bertz CT molecular complexity index is 559. The second-order valence-electron chi connectivity index (χ2n) is 4.58. The van der Waals surface area contributed by atoms with Gasteiger partial charge in [0.05, 0.1) is 22.0 Å². The van der Waals surface area contributed by atoms with Crippen molar-refractivity contribution < 1.29 is 9.13 Å². The van der Waals surface area contributed by atoms with Gasteiger partial charge in [-0.15, -0.1) is 18.3 Å². The average Bonchev–Trinajstić information content (AvgIpc) is 3.20. The van der Waals surface area contributed by atoms with E-state index in [-0.39, 0.29) is 11.7 Å². The van der Waals surface area contributed by atoms with Gasteiger partial charge in [-0.1, -0.05) is 6.08 Å². The maximum absolute atomic E-state index is 11.4. The Morgan fingerprint density at radius 3 is 2.80 bits per heavy atom. The highest BCUT2D eigenvalue weighted by molar-refractivity contribution is 8.00. The summed E-state index contributed by atoms with van der Waals surface area (Å²) >= 11 is 1.72. The summed E-state index contributed by atoms with van der Waals surface area (Å²) in [5, 5.41) is 11.5. The number of nitrogens with zero attached hydrogens (tertiary/aromatic N) is 1. The lowest BCUT2D eigenvalue weighted by Gasteiger charge is -2.17. The van der Waals surface area contributed by atoms with Gasteiger partial charge in [0.2, 0.25) is 0 Å². The molecule has 5 nitrogen and oxygen atoms in total. The molecule has 7 heteroatoms. The molecule has 2 atom stereocenters. The molecule has 2 rings (SSSR count). The van der Waals surface area contributed by atoms with Gasteiger partial charge in [-0.2, -0.15) is 0 Å². The summed E-state index contributed by atoms with van der Waals surface area (Å²) < 4.78 is 14.2. The Hall–Kier alpha value is -1.18. The Labute approximate surface area is 124 Å². The lowest BCUT2D eigenvalue weighted by Crippen LogP contribution is -2.21. The number of rotatable bonds is 7. The molecule has 1 aromatic rings. The van der Waals surface area contributed by atoms with Crippen molar-refractivity contribution in [1.29, 1.82) is 0 Å². The Balaban J connectivity index is 2.37. The van der Waals surface area contributed by atoms with Gasteiger partial charge in [-0.25, -0.2) is 8.93 Å². The van der Waals surface area contributed by atoms with Crippen molar-refractivity contribution >= 4 is 28.4 Å². The highest BCUT2D eigenvalue weighted by atomic mass is 32.2. The minimum Gasteiger partial charge on any atom is -0.258 e. The van der Waals surface area contributed by atoms with Crippen LogP contribution in [0.1, 0.15) is 24.4 Å². The maximum atomic E-state index is 11.4. The van der Waals surface area contributed by atoms with Crippen LogP contribution in [-0.2, 0) is 11.0 Å². The summed E-state index contributed by atoms with van der Waals surface area (Å²) in [6, 6.07) is 4.46. The molecule has 108 valence electrons. The van der Waals surface area contributed by atoms with Crippen LogP contribution in [0.15, 0.2) is 35.7 Å². The predicted molar refractivity (Wildman–Crippen MR) is 82.1 cm³/mol. The van der Waals surface area contributed by atoms with Crippen LogP contribution in [0.4, 0.5) is 5.69 Å². The number of non-ortho nitro benzene ring substituents is 1. The van der Waals surface area contributed by atoms with Crippen LogP contribution >= 0.6 is 11.8 Å². The highest BCUT2D eigenvalue weighted by Gasteiger charge is 2.26. The quantitative estimate of drug-likeness (QED) is 0.477. The summed E-state index contributed by atoms with van der Waals surface area (Å²) in [6.45, 7) is 3.72. The minimum absolute atomic E-state index is 0.0377. The van der Waals surface area contributed by atoms with Gasteiger partial charge in [0.15, 0.2) is 0 Å². The number of nitro groups is 1. The van der Waals surface area contributed by atoms with Gasteiger partial charge < -0.3 is 0 Å². The lowest BCUT2D eigenvalue weighted by molar-refractivity contribution is -0.385. The van der Waals surface area contributed by atoms with Crippen molar-refractivity contribution in [3.8, 4) is 0 Å². The molecular formula is C13H16N2O3S2. The molecular weight excluding hydrogens is 296 g/mol. The molecule has 0 bridgehead atoms. The lowest BCUT2D eigenvalue weighted by atomic mass is 10.1. The predicted octanol–water partition coefficient (Wildman–Crippen LogP) is 2.96. The molecule has 20 heavy (non-hydrogen) atoms. The number of nitro benzene ring substituents is 1. The van der Waals surface area contributed by atoms with Crippen molar-refractivity contribution in [1.82, 2.24) is 4.72 Å². The van der Waals surface area contributed by atoms with E-state index < -0.39 is 15.9 Å². The van der Waals surface area contributed by atoms with E-state index in [1.807, 2.05) is 0 Å². The van der Waals surface area contributed by atoms with Crippen molar-refractivity contribution in [3.05, 3.63) is 46.5 Å². The van der Waals surface area contributed by atoms with E-state index in [0.29, 0.717) is 5.25 Å². The highest BCUT2D eigenvalue weighted by Crippen LogP contribution is 2.42. The second kappa shape index (κ2) is 6.51. The first-order valence-corrected chi connectivity index (χ1v) is 8.62. The number of hydrogen-bond acceptors (Lipinski definition) is 4. The van der Waals surface area contributed by atoms with Crippen LogP contribution in [0.25, 0.3) is 0 Å². The van der Waals surface area contributed by atoms with E-state index in [9.17, 15) is 14.3 Å². The van der Waals surface area contributed by atoms with Crippen molar-refractivity contribution in [3.63, 3.8) is 0 Å². The monoisotopic (exact) mass is 312 g/mol. The number of nitrogens with one attached hydrogen (secondary N) is 1. The van der Waals surface area contributed by atoms with Crippen molar-refractivity contribution in [2.24, 2.45) is 0 Å². The molecule has 1 aliphatic rings. The molecule has 1 saturated carbocycles. The van der Waals surface area contributed by atoms with Crippen LogP contribution in [-0.4, -0.2) is 20.6 Å². The van der Waals surface area contributed by atoms with E-state index in [0.717, 1.165) is 10.5 Å². The summed E-state index contributed by atoms with van der Waals surface area (Å²) in [5.74, 6) is 0. The molecule has 0 heterocycles. The first-order chi connectivity index (χ1) is 9.51. The van der Waals surface area contributed by atoms with Crippen LogP contribution in [0.5, 0.6) is 0 Å². The first-order valence-electron chi connectivity index (χ1n) is 6.18. The molecule has 0 aliphatic heterocycles. The zero-order chi connectivity index (χ0) is 14.7. The third kappa shape index (κ3) is 3.91. The second-order valence-corrected chi connectivity index (χ2v) is 7.07. The van der Waals surface area contributed by atoms with Crippen LogP contribution < -0.4 is 4.72 Å². The Morgan fingerprint density at radius 1 is 1.60 bits per heavy atom. The van der Waals surface area contributed by atoms with Crippen molar-refractivity contribution in [2.45, 2.75) is 29.0 Å². The third-order valence-electron chi connectivity index (χ3n) is 2.89. The molecule has 0 radical (unpaired) electrons. The molecule has 2 unspecified atom stereocenters. The van der Waals surface area contributed by atoms with Crippen molar-refractivity contribution in [2.75, 3.05) is 6.26 Å². The summed E-state index contributed by atoms with van der Waals surface area (Å²) in [7, 11) is -1.22. The fraction of sp³-hybridized carbons (Fsp3) is 0.385. The van der Waals surface area contributed by atoms with Gasteiger partial charge in [0.1, 0.15) is 0 Å². The van der Waals surface area contributed by atoms with Crippen LogP contribution in [0, 0.1) is 10.1 Å². The number of hydrogen-bond donors (Lipinski definition) is 1. The summed E-state index contributed by atoms with van der Waals surface area (Å²) in [6.07, 6.45) is 5.50. The molecule has 1 fully saturated rings. The maximum Gasteiger partial charge on any atom is 0.269 e. The normalized spacial score (nSPS) is 17.4. The largest absolute Gasteiger partial charge is 0.269 e. The van der Waals surface area contributed by atoms with E-state index in [1.165, 1.54) is 31.2 Å². The average molecular weight is 312 g/mol. The standard InChI is InChI=1S/C13H16N2O3S2/c1-3-12(14-20(2)18)11-8-9(15(16)17)4-7-13(11)19-10-5-6-10/h3-4,7-8,10,12,14H,1,5-6H2,2H3. The third-order valence-corrected chi connectivity index (χ3v) is 4.90. The first kappa shape index (κ1) is 15.2. The van der Waals surface area contributed by atoms with Gasteiger partial charge >= 0.3 is 0 Å². The molecule has 0 spiro atoms. The van der Waals surface area contributed by atoms with E-state index in [4.69, 9.17) is 0 Å². The van der Waals surface area contributed by atoms with Crippen LogP contribution in [0.2, 0.25) is 0 Å². The van der Waals surface area contributed by atoms with E-state index in [1.54, 1.807) is 23.9 Å².